The second kappa shape index (κ2) is 5.67. The molecule has 3 nitrogen and oxygen atoms in total. The van der Waals surface area contributed by atoms with E-state index in [0.29, 0.717) is 13.2 Å². The van der Waals surface area contributed by atoms with Crippen molar-refractivity contribution in [2.75, 3.05) is 25.2 Å². The van der Waals surface area contributed by atoms with Crippen molar-refractivity contribution >= 4 is 17.5 Å². The summed E-state index contributed by atoms with van der Waals surface area (Å²) in [6.45, 7) is 1.09. The number of anilines is 1. The van der Waals surface area contributed by atoms with Crippen molar-refractivity contribution in [2.24, 2.45) is 0 Å². The smallest absolute Gasteiger partial charge is 0.143 e. The van der Waals surface area contributed by atoms with Gasteiger partial charge in [-0.1, -0.05) is 12.1 Å². The minimum Gasteiger partial charge on any atom is -0.489 e. The summed E-state index contributed by atoms with van der Waals surface area (Å²) in [6, 6.07) is 7.46. The van der Waals surface area contributed by atoms with E-state index >= 15 is 0 Å². The molecule has 13 heavy (non-hydrogen) atoms. The molecule has 0 saturated carbocycles. The van der Waals surface area contributed by atoms with Crippen molar-refractivity contribution < 1.29 is 9.47 Å². The normalized spacial score (nSPS) is 9.69. The summed E-state index contributed by atoms with van der Waals surface area (Å²) in [6.07, 6.45) is 0. The molecule has 1 aromatic carbocycles. The molecule has 0 saturated heterocycles. The van der Waals surface area contributed by atoms with E-state index in [2.05, 4.69) is 4.84 Å². The molecule has 0 aliphatic rings. The number of ether oxygens (including phenoxy) is 2. The third kappa shape index (κ3) is 3.13. The molecular formula is C9H12ClNO2. The quantitative estimate of drug-likeness (QED) is 0.586. The van der Waals surface area contributed by atoms with Crippen molar-refractivity contribution in [2.45, 2.75) is 0 Å². The van der Waals surface area contributed by atoms with Gasteiger partial charge in [0.25, 0.3) is 0 Å². The zero-order chi connectivity index (χ0) is 9.52. The Hall–Kier alpha value is -0.930. The molecule has 4 heteroatoms. The predicted octanol–water partition coefficient (Wildman–Crippen LogP) is 2.28. The summed E-state index contributed by atoms with van der Waals surface area (Å²) in [5.74, 6) is 0.731. The highest BCUT2D eigenvalue weighted by molar-refractivity contribution is 6.24. The monoisotopic (exact) mass is 201 g/mol. The van der Waals surface area contributed by atoms with Crippen LogP contribution in [0.1, 0.15) is 0 Å². The molecule has 0 aromatic heterocycles. The predicted molar refractivity (Wildman–Crippen MR) is 53.3 cm³/mol. The Morgan fingerprint density at radius 2 is 2.08 bits per heavy atom. The number of benzene rings is 1. The molecule has 0 bridgehead atoms. The van der Waals surface area contributed by atoms with Crippen LogP contribution in [-0.4, -0.2) is 20.3 Å². The first-order valence-electron chi connectivity index (χ1n) is 3.96. The Morgan fingerprint density at radius 1 is 1.31 bits per heavy atom. The Bertz CT molecular complexity index is 255. The van der Waals surface area contributed by atoms with E-state index in [9.17, 15) is 0 Å². The third-order valence-electron chi connectivity index (χ3n) is 1.53. The maximum absolute atomic E-state index is 5.48. The van der Waals surface area contributed by atoms with Crippen LogP contribution in [0.5, 0.6) is 5.75 Å². The van der Waals surface area contributed by atoms with Gasteiger partial charge in [0.15, 0.2) is 0 Å². The topological polar surface area (TPSA) is 30.5 Å². The van der Waals surface area contributed by atoms with Crippen molar-refractivity contribution in [3.05, 3.63) is 24.3 Å². The lowest BCUT2D eigenvalue weighted by Gasteiger charge is -2.08. The zero-order valence-corrected chi connectivity index (χ0v) is 8.17. The minimum absolute atomic E-state index is 0.520. The minimum atomic E-state index is 0.520. The Morgan fingerprint density at radius 3 is 2.77 bits per heavy atom. The lowest BCUT2D eigenvalue weighted by molar-refractivity contribution is 0.146. The largest absolute Gasteiger partial charge is 0.489 e. The molecule has 0 atom stereocenters. The first kappa shape index (κ1) is 10.2. The standard InChI is InChI=1S/C9H12ClNO2/c1-12-6-7-13-9-5-3-2-4-8(9)11-10/h2-5,11H,6-7H2,1H3. The second-order valence-electron chi connectivity index (χ2n) is 2.43. The maximum Gasteiger partial charge on any atom is 0.143 e. The molecule has 0 fully saturated rings. The van der Waals surface area contributed by atoms with Gasteiger partial charge >= 0.3 is 0 Å². The summed E-state index contributed by atoms with van der Waals surface area (Å²) >= 11 is 5.48. The maximum atomic E-state index is 5.48. The number of rotatable bonds is 5. The highest BCUT2D eigenvalue weighted by atomic mass is 35.5. The van der Waals surface area contributed by atoms with Gasteiger partial charge < -0.3 is 9.47 Å². The number of hydrogen-bond acceptors (Lipinski definition) is 3. The highest BCUT2D eigenvalue weighted by Gasteiger charge is 1.99. The second-order valence-corrected chi connectivity index (χ2v) is 2.62. The van der Waals surface area contributed by atoms with Crippen molar-refractivity contribution in [3.63, 3.8) is 0 Å². The van der Waals surface area contributed by atoms with Gasteiger partial charge in [-0.15, -0.1) is 0 Å². The van der Waals surface area contributed by atoms with Crippen LogP contribution in [0.4, 0.5) is 5.69 Å². The van der Waals surface area contributed by atoms with E-state index in [1.807, 2.05) is 24.3 Å². The molecule has 0 amide bonds. The lowest BCUT2D eigenvalue weighted by Crippen LogP contribution is -2.05. The van der Waals surface area contributed by atoms with Gasteiger partial charge in [0, 0.05) is 18.9 Å². The Labute approximate surface area is 82.7 Å². The summed E-state index contributed by atoms with van der Waals surface area (Å²) in [7, 11) is 1.63. The van der Waals surface area contributed by atoms with E-state index in [4.69, 9.17) is 21.3 Å². The molecule has 1 rings (SSSR count). The van der Waals surface area contributed by atoms with Crippen LogP contribution in [0, 0.1) is 0 Å². The van der Waals surface area contributed by atoms with Gasteiger partial charge in [0.2, 0.25) is 0 Å². The van der Waals surface area contributed by atoms with Gasteiger partial charge in [0.1, 0.15) is 12.4 Å². The molecule has 72 valence electrons. The summed E-state index contributed by atoms with van der Waals surface area (Å²) in [4.78, 5) is 2.53. The van der Waals surface area contributed by atoms with Crippen LogP contribution in [-0.2, 0) is 4.74 Å². The number of methoxy groups -OCH3 is 1. The average Bonchev–Trinajstić information content (AvgIpc) is 2.19. The molecule has 0 spiro atoms. The third-order valence-corrected chi connectivity index (χ3v) is 1.74. The van der Waals surface area contributed by atoms with Crippen molar-refractivity contribution in [1.82, 2.24) is 0 Å². The van der Waals surface area contributed by atoms with Gasteiger partial charge in [-0.2, -0.15) is 0 Å². The van der Waals surface area contributed by atoms with E-state index in [0.717, 1.165) is 11.4 Å². The SMILES string of the molecule is COCCOc1ccccc1NCl. The van der Waals surface area contributed by atoms with E-state index in [1.165, 1.54) is 0 Å². The highest BCUT2D eigenvalue weighted by Crippen LogP contribution is 2.23. The summed E-state index contributed by atoms with van der Waals surface area (Å²) in [5.41, 5.74) is 0.764. The van der Waals surface area contributed by atoms with Gasteiger partial charge in [-0.3, -0.25) is 4.84 Å². The fourth-order valence-electron chi connectivity index (χ4n) is 0.906. The summed E-state index contributed by atoms with van der Waals surface area (Å²) in [5, 5.41) is 0. The van der Waals surface area contributed by atoms with Crippen LogP contribution in [0.2, 0.25) is 0 Å². The van der Waals surface area contributed by atoms with Crippen LogP contribution in [0.25, 0.3) is 0 Å². The van der Waals surface area contributed by atoms with Gasteiger partial charge in [-0.05, 0) is 12.1 Å². The fraction of sp³-hybridized carbons (Fsp3) is 0.333. The molecule has 0 aliphatic carbocycles. The molecule has 0 radical (unpaired) electrons. The van der Waals surface area contributed by atoms with Crippen LogP contribution in [0.15, 0.2) is 24.3 Å². The number of halogens is 1. The Kier molecular flexibility index (Phi) is 4.43. The molecular weight excluding hydrogens is 190 g/mol. The van der Waals surface area contributed by atoms with Crippen molar-refractivity contribution in [1.29, 1.82) is 0 Å². The van der Waals surface area contributed by atoms with Gasteiger partial charge in [-0.25, -0.2) is 0 Å². The van der Waals surface area contributed by atoms with Crippen molar-refractivity contribution in [3.8, 4) is 5.75 Å². The van der Waals surface area contributed by atoms with Gasteiger partial charge in [0.05, 0.1) is 12.3 Å². The van der Waals surface area contributed by atoms with E-state index < -0.39 is 0 Å². The number of hydrogen-bond donors (Lipinski definition) is 1. The average molecular weight is 202 g/mol. The van der Waals surface area contributed by atoms with E-state index in [-0.39, 0.29) is 0 Å². The van der Waals surface area contributed by atoms with E-state index in [1.54, 1.807) is 7.11 Å². The number of nitrogens with one attached hydrogen (secondary N) is 1. The first-order chi connectivity index (χ1) is 6.38. The van der Waals surface area contributed by atoms with Crippen LogP contribution < -0.4 is 9.57 Å². The first-order valence-corrected chi connectivity index (χ1v) is 4.33. The number of para-hydroxylation sites is 2. The van der Waals surface area contributed by atoms with Crippen LogP contribution in [0.3, 0.4) is 0 Å². The Balaban J connectivity index is 2.54. The molecule has 1 aromatic rings. The lowest BCUT2D eigenvalue weighted by atomic mass is 10.3. The summed E-state index contributed by atoms with van der Waals surface area (Å²) < 4.78 is 10.3. The van der Waals surface area contributed by atoms with Crippen LogP contribution >= 0.6 is 11.8 Å². The molecule has 0 unspecified atom stereocenters. The zero-order valence-electron chi connectivity index (χ0n) is 7.42. The fourth-order valence-corrected chi connectivity index (χ4v) is 1.06. The molecule has 0 aliphatic heterocycles. The molecule has 1 N–H and O–H groups in total. The molecule has 0 heterocycles.